The lowest BCUT2D eigenvalue weighted by molar-refractivity contribution is -0.142. The number of benzene rings is 1. The Balaban J connectivity index is 3.19. The van der Waals surface area contributed by atoms with Crippen molar-refractivity contribution in [1.82, 2.24) is 0 Å². The van der Waals surface area contributed by atoms with Gasteiger partial charge in [-0.05, 0) is 25.0 Å². The third-order valence-electron chi connectivity index (χ3n) is 2.51. The molecule has 0 aliphatic heterocycles. The Morgan fingerprint density at radius 3 is 2.61 bits per heavy atom. The number of methoxy groups -OCH3 is 1. The highest BCUT2D eigenvalue weighted by Crippen LogP contribution is 2.35. The zero-order valence-corrected chi connectivity index (χ0v) is 12.2. The first-order chi connectivity index (χ1) is 8.54. The Kier molecular flexibility index (Phi) is 5.59. The fourth-order valence-electron chi connectivity index (χ4n) is 1.62. The van der Waals surface area contributed by atoms with Crippen LogP contribution in [0.3, 0.4) is 0 Å². The van der Waals surface area contributed by atoms with Crippen LogP contribution in [0, 0.1) is 5.82 Å². The summed E-state index contributed by atoms with van der Waals surface area (Å²) in [6.45, 7) is 3.91. The zero-order valence-electron chi connectivity index (χ0n) is 10.6. The van der Waals surface area contributed by atoms with Crippen LogP contribution in [0.15, 0.2) is 12.1 Å². The van der Waals surface area contributed by atoms with Gasteiger partial charge >= 0.3 is 5.97 Å². The summed E-state index contributed by atoms with van der Waals surface area (Å²) in [7, 11) is 1.37. The number of alkyl halides is 1. The molecule has 0 aromatic heterocycles. The molecule has 0 saturated heterocycles. The Morgan fingerprint density at radius 1 is 1.44 bits per heavy atom. The lowest BCUT2D eigenvalue weighted by Crippen LogP contribution is -2.12. The first-order valence-electron chi connectivity index (χ1n) is 5.72. The van der Waals surface area contributed by atoms with Gasteiger partial charge in [0.2, 0.25) is 0 Å². The van der Waals surface area contributed by atoms with Crippen molar-refractivity contribution >= 4 is 21.9 Å². The maximum Gasteiger partial charge on any atom is 0.324 e. The molecule has 0 amide bonds. The highest BCUT2D eigenvalue weighted by molar-refractivity contribution is 9.09. The molecule has 1 unspecified atom stereocenters. The van der Waals surface area contributed by atoms with E-state index in [2.05, 4.69) is 15.9 Å². The topological polar surface area (TPSA) is 35.5 Å². The van der Waals surface area contributed by atoms with E-state index in [0.717, 1.165) is 5.56 Å². The molecule has 1 rings (SSSR count). The molecule has 0 fully saturated rings. The van der Waals surface area contributed by atoms with Crippen molar-refractivity contribution in [3.05, 3.63) is 29.1 Å². The molecule has 1 atom stereocenters. The molecule has 0 spiro atoms. The molecule has 0 aliphatic rings. The average Bonchev–Trinajstić information content (AvgIpc) is 2.37. The lowest BCUT2D eigenvalue weighted by Gasteiger charge is -2.15. The molecule has 0 radical (unpaired) electrons. The summed E-state index contributed by atoms with van der Waals surface area (Å²) in [5, 5.41) is 0. The van der Waals surface area contributed by atoms with E-state index in [1.165, 1.54) is 13.2 Å². The summed E-state index contributed by atoms with van der Waals surface area (Å²) in [6, 6.07) is 3.16. The number of aryl methyl sites for hydroxylation is 1. The van der Waals surface area contributed by atoms with Crippen LogP contribution in [0.5, 0.6) is 5.75 Å². The second-order valence-corrected chi connectivity index (χ2v) is 4.58. The minimum absolute atomic E-state index is 0.0714. The van der Waals surface area contributed by atoms with Gasteiger partial charge in [0.25, 0.3) is 0 Å². The highest BCUT2D eigenvalue weighted by Gasteiger charge is 2.24. The fourth-order valence-corrected chi connectivity index (χ4v) is 2.10. The van der Waals surface area contributed by atoms with Crippen molar-refractivity contribution in [1.29, 1.82) is 0 Å². The molecule has 0 heterocycles. The molecule has 1 aromatic rings. The molecule has 0 saturated carbocycles. The van der Waals surface area contributed by atoms with Crippen molar-refractivity contribution in [2.75, 3.05) is 13.7 Å². The number of esters is 1. The van der Waals surface area contributed by atoms with E-state index in [1.54, 1.807) is 13.0 Å². The molecular weight excluding hydrogens is 303 g/mol. The number of halogens is 2. The van der Waals surface area contributed by atoms with Crippen molar-refractivity contribution in [2.45, 2.75) is 25.1 Å². The predicted molar refractivity (Wildman–Crippen MR) is 70.6 cm³/mol. The third kappa shape index (κ3) is 3.22. The number of hydrogen-bond acceptors (Lipinski definition) is 3. The number of carbonyl (C=O) groups is 1. The van der Waals surface area contributed by atoms with Crippen molar-refractivity contribution in [3.63, 3.8) is 0 Å². The Morgan fingerprint density at radius 2 is 2.11 bits per heavy atom. The van der Waals surface area contributed by atoms with E-state index in [0.29, 0.717) is 12.0 Å². The zero-order chi connectivity index (χ0) is 13.7. The van der Waals surface area contributed by atoms with Crippen LogP contribution < -0.4 is 4.74 Å². The molecule has 0 aliphatic carbocycles. The average molecular weight is 319 g/mol. The summed E-state index contributed by atoms with van der Waals surface area (Å²) in [6.07, 6.45) is 0.677. The van der Waals surface area contributed by atoms with Gasteiger partial charge in [-0.25, -0.2) is 4.39 Å². The van der Waals surface area contributed by atoms with E-state index < -0.39 is 16.6 Å². The number of hydrogen-bond donors (Lipinski definition) is 0. The van der Waals surface area contributed by atoms with Gasteiger partial charge in [0, 0.05) is 5.56 Å². The Hall–Kier alpha value is -1.10. The molecular formula is C13H16BrFO3. The summed E-state index contributed by atoms with van der Waals surface area (Å²) >= 11 is 3.22. The minimum Gasteiger partial charge on any atom is -0.493 e. The van der Waals surface area contributed by atoms with Crippen molar-refractivity contribution < 1.29 is 18.7 Å². The fraction of sp³-hybridized carbons (Fsp3) is 0.462. The van der Waals surface area contributed by atoms with Crippen LogP contribution in [0.4, 0.5) is 4.39 Å². The van der Waals surface area contributed by atoms with Crippen LogP contribution >= 0.6 is 15.9 Å². The van der Waals surface area contributed by atoms with E-state index in [-0.39, 0.29) is 12.4 Å². The number of rotatable bonds is 5. The molecule has 0 N–H and O–H groups in total. The van der Waals surface area contributed by atoms with Gasteiger partial charge in [-0.1, -0.05) is 28.9 Å². The smallest absolute Gasteiger partial charge is 0.324 e. The highest BCUT2D eigenvalue weighted by atomic mass is 79.9. The second-order valence-electron chi connectivity index (χ2n) is 3.67. The van der Waals surface area contributed by atoms with Crippen LogP contribution in [0.2, 0.25) is 0 Å². The quantitative estimate of drug-likeness (QED) is 0.616. The molecule has 3 nitrogen and oxygen atoms in total. The Bertz CT molecular complexity index is 434. The van der Waals surface area contributed by atoms with E-state index in [1.807, 2.05) is 6.92 Å². The van der Waals surface area contributed by atoms with Gasteiger partial charge < -0.3 is 9.47 Å². The summed E-state index contributed by atoms with van der Waals surface area (Å²) in [4.78, 5) is 10.9. The Labute approximate surface area is 114 Å². The monoisotopic (exact) mass is 318 g/mol. The van der Waals surface area contributed by atoms with E-state index in [4.69, 9.17) is 9.47 Å². The van der Waals surface area contributed by atoms with Gasteiger partial charge in [0.05, 0.1) is 13.7 Å². The number of carbonyl (C=O) groups excluding carboxylic acids is 1. The van der Waals surface area contributed by atoms with Crippen molar-refractivity contribution in [3.8, 4) is 5.75 Å². The second kappa shape index (κ2) is 6.73. The van der Waals surface area contributed by atoms with Gasteiger partial charge in [0.1, 0.15) is 4.83 Å². The van der Waals surface area contributed by atoms with E-state index in [9.17, 15) is 9.18 Å². The normalized spacial score (nSPS) is 12.1. The largest absolute Gasteiger partial charge is 0.493 e. The lowest BCUT2D eigenvalue weighted by atomic mass is 10.0. The van der Waals surface area contributed by atoms with Gasteiger partial charge in [0.15, 0.2) is 11.6 Å². The maximum absolute atomic E-state index is 13.8. The predicted octanol–water partition coefficient (Wildman–Crippen LogP) is 3.40. The van der Waals surface area contributed by atoms with Gasteiger partial charge in [-0.3, -0.25) is 4.79 Å². The van der Waals surface area contributed by atoms with Crippen LogP contribution in [-0.4, -0.2) is 19.7 Å². The summed E-state index contributed by atoms with van der Waals surface area (Å²) < 4.78 is 23.7. The minimum atomic E-state index is -0.728. The molecule has 100 valence electrons. The first-order valence-corrected chi connectivity index (χ1v) is 6.63. The molecule has 1 aromatic carbocycles. The van der Waals surface area contributed by atoms with Crippen molar-refractivity contribution in [2.24, 2.45) is 0 Å². The van der Waals surface area contributed by atoms with E-state index >= 15 is 0 Å². The van der Waals surface area contributed by atoms with Gasteiger partial charge in [-0.15, -0.1) is 0 Å². The summed E-state index contributed by atoms with van der Waals surface area (Å²) in [5.41, 5.74) is 1.25. The SMILES string of the molecule is CCOC(=O)C(Br)c1cc(CC)cc(F)c1OC. The molecule has 0 bridgehead atoms. The number of ether oxygens (including phenoxy) is 2. The maximum atomic E-state index is 13.8. The van der Waals surface area contributed by atoms with Crippen LogP contribution in [-0.2, 0) is 16.0 Å². The standard InChI is InChI=1S/C13H16BrFO3/c1-4-8-6-9(11(14)13(16)18-5-2)12(17-3)10(15)7-8/h6-7,11H,4-5H2,1-3H3. The molecule has 5 heteroatoms. The summed E-state index contributed by atoms with van der Waals surface area (Å²) in [5.74, 6) is -0.855. The van der Waals surface area contributed by atoms with Gasteiger partial charge in [-0.2, -0.15) is 0 Å². The molecule has 18 heavy (non-hydrogen) atoms. The first kappa shape index (κ1) is 15.0. The van der Waals surface area contributed by atoms with Crippen LogP contribution in [0.1, 0.15) is 29.8 Å². The third-order valence-corrected chi connectivity index (χ3v) is 3.38. The van der Waals surface area contributed by atoms with Crippen LogP contribution in [0.25, 0.3) is 0 Å².